The maximum Gasteiger partial charge on any atom is 0.231 e. The highest BCUT2D eigenvalue weighted by molar-refractivity contribution is 6.08. The third kappa shape index (κ3) is 1.58. The largest absolute Gasteiger partial charge is 0.338 e. The highest BCUT2D eigenvalue weighted by Crippen LogP contribution is 2.92. The van der Waals surface area contributed by atoms with E-state index >= 15 is 0 Å². The number of aromatic nitrogens is 2. The number of benzene rings is 2. The topological polar surface area (TPSA) is 74.8 Å². The number of aromatic amines is 1. The van der Waals surface area contributed by atoms with Crippen LogP contribution in [-0.4, -0.2) is 21.7 Å². The van der Waals surface area contributed by atoms with Crippen LogP contribution in [0.5, 0.6) is 0 Å². The predicted molar refractivity (Wildman–Crippen MR) is 107 cm³/mol. The van der Waals surface area contributed by atoms with E-state index in [0.29, 0.717) is 46.2 Å². The van der Waals surface area contributed by atoms with E-state index in [-0.39, 0.29) is 35.0 Å². The molecule has 6 aliphatic rings. The number of nitrogens with one attached hydrogen (secondary N) is 2. The first-order valence-corrected chi connectivity index (χ1v) is 10.8. The van der Waals surface area contributed by atoms with Crippen LogP contribution in [0.3, 0.4) is 0 Å². The molecule has 1 aromatic heterocycles. The molecule has 3 aromatic rings. The second-order valence-electron chi connectivity index (χ2n) is 9.93. The van der Waals surface area contributed by atoms with Crippen molar-refractivity contribution in [1.82, 2.24) is 9.97 Å². The van der Waals surface area contributed by atoms with Gasteiger partial charge in [0.1, 0.15) is 23.2 Å². The zero-order valence-corrected chi connectivity index (χ0v) is 16.2. The number of carbonyl (C=O) groups excluding carboxylic acids is 2. The summed E-state index contributed by atoms with van der Waals surface area (Å²) in [5, 5.41) is 3.06. The third-order valence-electron chi connectivity index (χ3n) is 9.18. The predicted octanol–water partition coefficient (Wildman–Crippen LogP) is 3.77. The van der Waals surface area contributed by atoms with E-state index in [2.05, 4.69) is 15.3 Å². The lowest BCUT2D eigenvalue weighted by Crippen LogP contribution is -2.74. The number of carbonyl (C=O) groups is 2. The van der Waals surface area contributed by atoms with E-state index in [9.17, 15) is 18.4 Å². The van der Waals surface area contributed by atoms with Crippen LogP contribution in [0.4, 0.5) is 14.5 Å². The summed E-state index contributed by atoms with van der Waals surface area (Å²) in [6.07, 6.45) is 1.14. The summed E-state index contributed by atoms with van der Waals surface area (Å²) in [5.41, 5.74) is 1.42. The second kappa shape index (κ2) is 4.87. The molecule has 1 amide bonds. The third-order valence-corrected chi connectivity index (χ3v) is 9.18. The van der Waals surface area contributed by atoms with E-state index in [1.165, 1.54) is 0 Å². The molecule has 0 aliphatic heterocycles. The molecular weight excluding hydrogens is 400 g/mol. The molecule has 0 radical (unpaired) electrons. The number of halogens is 2. The molecule has 8 atom stereocenters. The Labute approximate surface area is 175 Å². The smallest absolute Gasteiger partial charge is 0.231 e. The van der Waals surface area contributed by atoms with E-state index < -0.39 is 17.0 Å². The molecule has 6 fully saturated rings. The van der Waals surface area contributed by atoms with Gasteiger partial charge in [0.05, 0.1) is 22.0 Å². The lowest BCUT2D eigenvalue weighted by Gasteiger charge is -2.70. The Morgan fingerprint density at radius 1 is 1.13 bits per heavy atom. The molecule has 1 heterocycles. The Bertz CT molecular complexity index is 1380. The molecule has 0 spiro atoms. The number of imidazole rings is 1. The quantitative estimate of drug-likeness (QED) is 0.681. The molecule has 7 heteroatoms. The maximum absolute atomic E-state index is 14.1. The fraction of sp³-hybridized carbons (Fsp3) is 0.375. The zero-order chi connectivity index (χ0) is 20.8. The van der Waals surface area contributed by atoms with Crippen LogP contribution in [0.2, 0.25) is 0 Å². The van der Waals surface area contributed by atoms with Gasteiger partial charge in [0.25, 0.3) is 0 Å². The van der Waals surface area contributed by atoms with Crippen LogP contribution in [0, 0.1) is 58.5 Å². The fourth-order valence-electron chi connectivity index (χ4n) is 8.55. The normalized spacial score (nSPS) is 39.8. The summed E-state index contributed by atoms with van der Waals surface area (Å²) in [6.45, 7) is 0. The number of nitrogens with zero attached hydrogens (tertiary/aromatic N) is 1. The molecule has 2 aromatic carbocycles. The van der Waals surface area contributed by atoms with Crippen molar-refractivity contribution in [3.63, 3.8) is 0 Å². The van der Waals surface area contributed by atoms with Gasteiger partial charge in [-0.2, -0.15) is 0 Å². The molecule has 4 bridgehead atoms. The fourth-order valence-corrected chi connectivity index (χ4v) is 8.55. The molecular formula is C24H17F2N3O2. The van der Waals surface area contributed by atoms with Gasteiger partial charge in [0.2, 0.25) is 5.91 Å². The van der Waals surface area contributed by atoms with Crippen LogP contribution in [0.1, 0.15) is 6.42 Å². The minimum Gasteiger partial charge on any atom is -0.338 e. The van der Waals surface area contributed by atoms with Crippen molar-refractivity contribution < 1.29 is 18.4 Å². The van der Waals surface area contributed by atoms with Crippen LogP contribution in [-0.2, 0) is 9.59 Å². The molecule has 6 aliphatic carbocycles. The first-order chi connectivity index (χ1) is 15.0. The lowest BCUT2D eigenvalue weighted by atomic mass is 9.31. The number of amides is 1. The van der Waals surface area contributed by atoms with Crippen molar-refractivity contribution in [3.8, 4) is 11.4 Å². The zero-order valence-electron chi connectivity index (χ0n) is 16.2. The van der Waals surface area contributed by atoms with E-state index in [1.54, 1.807) is 18.2 Å². The average molecular weight is 417 g/mol. The van der Waals surface area contributed by atoms with E-state index in [1.807, 2.05) is 0 Å². The highest BCUT2D eigenvalue weighted by Gasteiger charge is 2.96. The summed E-state index contributed by atoms with van der Waals surface area (Å²) >= 11 is 0. The molecule has 8 unspecified atom stereocenters. The van der Waals surface area contributed by atoms with Crippen molar-refractivity contribution >= 4 is 28.4 Å². The number of hydrogen-bond acceptors (Lipinski definition) is 3. The van der Waals surface area contributed by atoms with Crippen LogP contribution < -0.4 is 5.32 Å². The van der Waals surface area contributed by atoms with E-state index in [4.69, 9.17) is 0 Å². The van der Waals surface area contributed by atoms with Gasteiger partial charge in [-0.25, -0.2) is 13.8 Å². The van der Waals surface area contributed by atoms with Crippen molar-refractivity contribution in [2.24, 2.45) is 46.8 Å². The second-order valence-corrected chi connectivity index (χ2v) is 9.93. The number of H-pyrrole nitrogens is 1. The first-order valence-electron chi connectivity index (χ1n) is 10.8. The van der Waals surface area contributed by atoms with Gasteiger partial charge in [-0.3, -0.25) is 9.59 Å². The number of Topliss-reactive ketones (excluding diaryl/α,β-unsaturated/α-hetero) is 1. The van der Waals surface area contributed by atoms with Gasteiger partial charge >= 0.3 is 0 Å². The minimum atomic E-state index is -0.564. The monoisotopic (exact) mass is 417 g/mol. The standard InChI is InChI=1S/C24H17F2N3O2/c25-8-1-3-13(26)10(5-8)22-28-14-4-2-9(6-15(14)29-22)27-23(31)24-18-12-7-11-16(18)20(24)21(30)17(11)19(12)24/h1-6,11-12,16-20H,7H2,(H,27,31)(H,28,29). The Kier molecular flexibility index (Phi) is 2.60. The van der Waals surface area contributed by atoms with Gasteiger partial charge in [-0.1, -0.05) is 0 Å². The van der Waals surface area contributed by atoms with Gasteiger partial charge < -0.3 is 10.3 Å². The highest BCUT2D eigenvalue weighted by atomic mass is 19.1. The Hall–Kier alpha value is -3.09. The van der Waals surface area contributed by atoms with Crippen molar-refractivity contribution in [1.29, 1.82) is 0 Å². The van der Waals surface area contributed by atoms with Crippen LogP contribution in [0.25, 0.3) is 22.4 Å². The Balaban J connectivity index is 1.12. The summed E-state index contributed by atoms with van der Waals surface area (Å²) in [4.78, 5) is 33.5. The number of anilines is 1. The van der Waals surface area contributed by atoms with Crippen LogP contribution in [0.15, 0.2) is 36.4 Å². The van der Waals surface area contributed by atoms with Crippen molar-refractivity contribution in [2.75, 3.05) is 5.32 Å². The number of fused-ring (bicyclic) bond motifs is 1. The molecule has 6 saturated carbocycles. The molecule has 0 saturated heterocycles. The summed E-state index contributed by atoms with van der Waals surface area (Å²) in [7, 11) is 0. The maximum atomic E-state index is 14.1. The molecule has 9 rings (SSSR count). The molecule has 31 heavy (non-hydrogen) atoms. The summed E-state index contributed by atoms with van der Waals surface area (Å²) in [6, 6.07) is 8.50. The number of hydrogen-bond donors (Lipinski definition) is 2. The van der Waals surface area contributed by atoms with Gasteiger partial charge in [-0.15, -0.1) is 0 Å². The Morgan fingerprint density at radius 3 is 2.84 bits per heavy atom. The first kappa shape index (κ1) is 16.6. The average Bonchev–Trinajstić information content (AvgIpc) is 3.41. The Morgan fingerprint density at radius 2 is 2.00 bits per heavy atom. The number of rotatable bonds is 3. The molecule has 2 N–H and O–H groups in total. The van der Waals surface area contributed by atoms with Crippen LogP contribution >= 0.6 is 0 Å². The summed E-state index contributed by atoms with van der Waals surface area (Å²) < 4.78 is 27.7. The lowest BCUT2D eigenvalue weighted by molar-refractivity contribution is -0.245. The van der Waals surface area contributed by atoms with Gasteiger partial charge in [0, 0.05) is 17.5 Å². The molecule has 5 nitrogen and oxygen atoms in total. The summed E-state index contributed by atoms with van der Waals surface area (Å²) in [5.74, 6) is 1.76. The van der Waals surface area contributed by atoms with E-state index in [0.717, 1.165) is 24.6 Å². The van der Waals surface area contributed by atoms with Gasteiger partial charge in [0.15, 0.2) is 0 Å². The SMILES string of the molecule is O=C1C2C3CC4C2C2(C(=O)Nc5ccc6nc(-c7cc(F)ccc7F)[nH]c6c5)C1C3C42. The van der Waals surface area contributed by atoms with Gasteiger partial charge in [-0.05, 0) is 72.4 Å². The van der Waals surface area contributed by atoms with Crippen molar-refractivity contribution in [3.05, 3.63) is 48.0 Å². The molecule has 154 valence electrons. The van der Waals surface area contributed by atoms with Crippen molar-refractivity contribution in [2.45, 2.75) is 6.42 Å². The number of ketones is 1. The minimum absolute atomic E-state index is 0.0218.